The summed E-state index contributed by atoms with van der Waals surface area (Å²) in [6.45, 7) is 4.17. The highest BCUT2D eigenvalue weighted by atomic mass is 35.5. The lowest BCUT2D eigenvalue weighted by atomic mass is 10.1. The van der Waals surface area contributed by atoms with Gasteiger partial charge in [0.2, 0.25) is 10.0 Å². The summed E-state index contributed by atoms with van der Waals surface area (Å²) in [6, 6.07) is 0. The molecule has 2 unspecified atom stereocenters. The van der Waals surface area contributed by atoms with Crippen LogP contribution >= 0.6 is 12.4 Å². The van der Waals surface area contributed by atoms with Gasteiger partial charge in [0.05, 0.1) is 11.9 Å². The zero-order valence-corrected chi connectivity index (χ0v) is 11.4. The molecule has 0 bridgehead atoms. The fourth-order valence-corrected chi connectivity index (χ4v) is 2.93. The van der Waals surface area contributed by atoms with E-state index < -0.39 is 10.0 Å². The van der Waals surface area contributed by atoms with Gasteiger partial charge in [-0.3, -0.25) is 0 Å². The van der Waals surface area contributed by atoms with E-state index in [1.54, 1.807) is 6.92 Å². The molecule has 1 saturated heterocycles. The van der Waals surface area contributed by atoms with Gasteiger partial charge in [0, 0.05) is 13.7 Å². The second kappa shape index (κ2) is 7.45. The molecule has 98 valence electrons. The van der Waals surface area contributed by atoms with Gasteiger partial charge < -0.3 is 10.1 Å². The van der Waals surface area contributed by atoms with Crippen molar-refractivity contribution in [3.63, 3.8) is 0 Å². The molecule has 1 fully saturated rings. The van der Waals surface area contributed by atoms with Gasteiger partial charge in [-0.05, 0) is 32.4 Å². The Morgan fingerprint density at radius 3 is 2.75 bits per heavy atom. The van der Waals surface area contributed by atoms with Gasteiger partial charge in [0.15, 0.2) is 0 Å². The number of sulfonamides is 1. The first-order valence-electron chi connectivity index (χ1n) is 5.24. The van der Waals surface area contributed by atoms with Crippen molar-refractivity contribution in [2.24, 2.45) is 5.92 Å². The third kappa shape index (κ3) is 6.00. The summed E-state index contributed by atoms with van der Waals surface area (Å²) < 4.78 is 30.6. The van der Waals surface area contributed by atoms with E-state index in [-0.39, 0.29) is 24.3 Å². The number of nitrogens with one attached hydrogen (secondary N) is 2. The van der Waals surface area contributed by atoms with Crippen molar-refractivity contribution in [3.05, 3.63) is 0 Å². The first kappa shape index (κ1) is 16.1. The van der Waals surface area contributed by atoms with Gasteiger partial charge in [-0.1, -0.05) is 0 Å². The molecule has 16 heavy (non-hydrogen) atoms. The maximum Gasteiger partial charge on any atom is 0.214 e. The van der Waals surface area contributed by atoms with Crippen molar-refractivity contribution < 1.29 is 13.2 Å². The van der Waals surface area contributed by atoms with Crippen molar-refractivity contribution in [3.8, 4) is 0 Å². The van der Waals surface area contributed by atoms with Crippen molar-refractivity contribution in [2.45, 2.75) is 19.4 Å². The van der Waals surface area contributed by atoms with E-state index in [0.717, 1.165) is 19.5 Å². The molecular weight excluding hydrogens is 252 g/mol. The Morgan fingerprint density at radius 2 is 2.25 bits per heavy atom. The highest BCUT2D eigenvalue weighted by Gasteiger charge is 2.19. The number of hydrogen-bond acceptors (Lipinski definition) is 4. The van der Waals surface area contributed by atoms with Crippen LogP contribution < -0.4 is 10.0 Å². The van der Waals surface area contributed by atoms with Crippen LogP contribution in [0.5, 0.6) is 0 Å². The van der Waals surface area contributed by atoms with E-state index in [1.807, 2.05) is 0 Å². The molecule has 0 amide bonds. The van der Waals surface area contributed by atoms with E-state index in [0.29, 0.717) is 12.5 Å². The number of ether oxygens (including phenoxy) is 1. The smallest absolute Gasteiger partial charge is 0.214 e. The van der Waals surface area contributed by atoms with Crippen molar-refractivity contribution in [1.82, 2.24) is 10.0 Å². The molecule has 0 aliphatic carbocycles. The molecule has 0 radical (unpaired) electrons. The van der Waals surface area contributed by atoms with Gasteiger partial charge in [-0.25, -0.2) is 13.1 Å². The molecular formula is C9H21ClN2O3S. The average molecular weight is 273 g/mol. The summed E-state index contributed by atoms with van der Waals surface area (Å²) in [7, 11) is -1.67. The minimum Gasteiger partial charge on any atom is -0.381 e. The lowest BCUT2D eigenvalue weighted by Gasteiger charge is -2.13. The quantitative estimate of drug-likeness (QED) is 0.713. The van der Waals surface area contributed by atoms with E-state index in [2.05, 4.69) is 10.0 Å². The van der Waals surface area contributed by atoms with Gasteiger partial charge in [0.1, 0.15) is 0 Å². The number of halogens is 1. The van der Waals surface area contributed by atoms with Crippen LogP contribution in [0.3, 0.4) is 0 Å². The van der Waals surface area contributed by atoms with Crippen LogP contribution in [0.1, 0.15) is 13.3 Å². The standard InChI is InChI=1S/C9H20N2O3S.ClH/c1-8(14-2)7-15(12,13)11-6-9-3-4-10-5-9;/h8-11H,3-7H2,1-2H3;1H. The summed E-state index contributed by atoms with van der Waals surface area (Å²) in [6.07, 6.45) is 0.784. The summed E-state index contributed by atoms with van der Waals surface area (Å²) in [5.74, 6) is 0.460. The average Bonchev–Trinajstić information content (AvgIpc) is 2.66. The van der Waals surface area contributed by atoms with Crippen LogP contribution in [0.25, 0.3) is 0 Å². The second-order valence-corrected chi connectivity index (χ2v) is 5.89. The maximum absolute atomic E-state index is 11.5. The van der Waals surface area contributed by atoms with E-state index >= 15 is 0 Å². The normalized spacial score (nSPS) is 22.8. The van der Waals surface area contributed by atoms with Gasteiger partial charge in [-0.15, -0.1) is 12.4 Å². The summed E-state index contributed by atoms with van der Waals surface area (Å²) in [5, 5.41) is 3.20. The Labute approximate surface area is 104 Å². The zero-order valence-electron chi connectivity index (χ0n) is 9.73. The SMILES string of the molecule is COC(C)CS(=O)(=O)NCC1CCNC1.Cl. The number of hydrogen-bond donors (Lipinski definition) is 2. The highest BCUT2D eigenvalue weighted by Crippen LogP contribution is 2.06. The molecule has 2 N–H and O–H groups in total. The van der Waals surface area contributed by atoms with Crippen LogP contribution in [0.4, 0.5) is 0 Å². The first-order valence-corrected chi connectivity index (χ1v) is 6.89. The molecule has 1 heterocycles. The fourth-order valence-electron chi connectivity index (χ4n) is 1.57. The van der Waals surface area contributed by atoms with Crippen molar-refractivity contribution in [1.29, 1.82) is 0 Å². The second-order valence-electron chi connectivity index (χ2n) is 4.04. The zero-order chi connectivity index (χ0) is 11.3. The third-order valence-corrected chi connectivity index (χ3v) is 4.13. The Bertz CT molecular complexity index is 278. The highest BCUT2D eigenvalue weighted by molar-refractivity contribution is 7.89. The predicted molar refractivity (Wildman–Crippen MR) is 66.5 cm³/mol. The van der Waals surface area contributed by atoms with E-state index in [4.69, 9.17) is 4.74 Å². The molecule has 1 aliphatic heterocycles. The minimum absolute atomic E-state index is 0. The molecule has 1 aliphatic rings. The van der Waals surface area contributed by atoms with Crippen molar-refractivity contribution in [2.75, 3.05) is 32.5 Å². The summed E-state index contributed by atoms with van der Waals surface area (Å²) in [4.78, 5) is 0. The third-order valence-electron chi connectivity index (χ3n) is 2.61. The van der Waals surface area contributed by atoms with E-state index in [9.17, 15) is 8.42 Å². The van der Waals surface area contributed by atoms with Gasteiger partial charge >= 0.3 is 0 Å². The first-order chi connectivity index (χ1) is 7.03. The minimum atomic E-state index is -3.18. The molecule has 0 saturated carbocycles. The summed E-state index contributed by atoms with van der Waals surface area (Å²) >= 11 is 0. The van der Waals surface area contributed by atoms with Crippen LogP contribution in [0.2, 0.25) is 0 Å². The lowest BCUT2D eigenvalue weighted by molar-refractivity contribution is 0.136. The summed E-state index contributed by atoms with van der Waals surface area (Å²) in [5.41, 5.74) is 0. The molecule has 0 aromatic heterocycles. The van der Waals surface area contributed by atoms with Crippen LogP contribution in [0, 0.1) is 5.92 Å². The Morgan fingerprint density at radius 1 is 1.56 bits per heavy atom. The molecule has 2 atom stereocenters. The van der Waals surface area contributed by atoms with Crippen LogP contribution in [-0.4, -0.2) is 47.0 Å². The van der Waals surface area contributed by atoms with Crippen LogP contribution in [-0.2, 0) is 14.8 Å². The Balaban J connectivity index is 0.00000225. The Kier molecular flexibility index (Phi) is 7.50. The van der Waals surface area contributed by atoms with Gasteiger partial charge in [0.25, 0.3) is 0 Å². The molecule has 0 aromatic rings. The van der Waals surface area contributed by atoms with Crippen LogP contribution in [0.15, 0.2) is 0 Å². The van der Waals surface area contributed by atoms with Crippen molar-refractivity contribution >= 4 is 22.4 Å². The number of methoxy groups -OCH3 is 1. The maximum atomic E-state index is 11.5. The fraction of sp³-hybridized carbons (Fsp3) is 1.00. The molecule has 7 heteroatoms. The predicted octanol–water partition coefficient (Wildman–Crippen LogP) is -0.0280. The molecule has 5 nitrogen and oxygen atoms in total. The molecule has 0 aromatic carbocycles. The monoisotopic (exact) mass is 272 g/mol. The Hall–Kier alpha value is 0.120. The van der Waals surface area contributed by atoms with Gasteiger partial charge in [-0.2, -0.15) is 0 Å². The molecule has 1 rings (SSSR count). The van der Waals surface area contributed by atoms with E-state index in [1.165, 1.54) is 7.11 Å². The molecule has 0 spiro atoms. The topological polar surface area (TPSA) is 67.4 Å². The largest absolute Gasteiger partial charge is 0.381 e. The lowest BCUT2D eigenvalue weighted by Crippen LogP contribution is -2.35. The number of rotatable bonds is 6.